The maximum absolute atomic E-state index is 9.79. The Morgan fingerprint density at radius 2 is 2.22 bits per heavy atom. The molecule has 0 aromatic heterocycles. The molecule has 1 aromatic rings. The molecule has 0 bridgehead atoms. The van der Waals surface area contributed by atoms with Crippen LogP contribution in [0.5, 0.6) is 0 Å². The minimum Gasteiger partial charge on any atom is -0.394 e. The highest BCUT2D eigenvalue weighted by Crippen LogP contribution is 2.31. The molecule has 1 aliphatic carbocycles. The van der Waals surface area contributed by atoms with Crippen LogP contribution >= 0.6 is 15.9 Å². The number of aliphatic hydroxyl groups excluding tert-OH is 1. The maximum atomic E-state index is 9.79. The van der Waals surface area contributed by atoms with Gasteiger partial charge in [0.05, 0.1) is 6.61 Å². The van der Waals surface area contributed by atoms with Crippen LogP contribution in [0.25, 0.3) is 0 Å². The summed E-state index contributed by atoms with van der Waals surface area (Å²) in [6, 6.07) is 6.94. The lowest BCUT2D eigenvalue weighted by molar-refractivity contribution is 0.133. The molecule has 0 amide bonds. The van der Waals surface area contributed by atoms with Crippen LogP contribution in [0.4, 0.5) is 0 Å². The second-order valence-corrected chi connectivity index (χ2v) is 6.40. The molecule has 3 heteroatoms. The zero-order valence-corrected chi connectivity index (χ0v) is 12.8. The molecule has 0 radical (unpaired) electrons. The second kappa shape index (κ2) is 5.72. The Balaban J connectivity index is 2.20. The predicted molar refractivity (Wildman–Crippen MR) is 78.9 cm³/mol. The molecule has 2 unspecified atom stereocenters. The van der Waals surface area contributed by atoms with Gasteiger partial charge in [-0.3, -0.25) is 0 Å². The molecule has 0 saturated heterocycles. The fraction of sp³-hybridized carbons (Fsp3) is 0.600. The quantitative estimate of drug-likeness (QED) is 0.895. The molecule has 1 aliphatic rings. The third-order valence-electron chi connectivity index (χ3n) is 4.04. The van der Waals surface area contributed by atoms with Crippen LogP contribution in [0, 0.1) is 0 Å². The van der Waals surface area contributed by atoms with E-state index in [1.807, 2.05) is 0 Å². The van der Waals surface area contributed by atoms with E-state index in [1.165, 1.54) is 11.1 Å². The van der Waals surface area contributed by atoms with Crippen LogP contribution in [-0.4, -0.2) is 23.3 Å². The molecular formula is C15H22BrNO. The molecule has 2 nitrogen and oxygen atoms in total. The van der Waals surface area contributed by atoms with Crippen LogP contribution in [0.2, 0.25) is 0 Å². The van der Waals surface area contributed by atoms with Gasteiger partial charge in [-0.2, -0.15) is 0 Å². The highest BCUT2D eigenvalue weighted by atomic mass is 79.9. The number of aryl methyl sites for hydroxylation is 1. The van der Waals surface area contributed by atoms with Crippen molar-refractivity contribution in [1.29, 1.82) is 0 Å². The summed E-state index contributed by atoms with van der Waals surface area (Å²) in [7, 11) is 0. The van der Waals surface area contributed by atoms with Crippen LogP contribution in [0.1, 0.15) is 37.8 Å². The first-order chi connectivity index (χ1) is 8.58. The van der Waals surface area contributed by atoms with Crippen molar-refractivity contribution < 1.29 is 5.11 Å². The third kappa shape index (κ3) is 2.95. The lowest BCUT2D eigenvalue weighted by atomic mass is 9.78. The first-order valence-electron chi connectivity index (χ1n) is 6.74. The van der Waals surface area contributed by atoms with E-state index in [1.54, 1.807) is 0 Å². The summed E-state index contributed by atoms with van der Waals surface area (Å²) in [5, 5.41) is 13.4. The summed E-state index contributed by atoms with van der Waals surface area (Å²) in [5.41, 5.74) is 2.66. The molecule has 1 aromatic carbocycles. The van der Waals surface area contributed by atoms with Crippen molar-refractivity contribution in [3.05, 3.63) is 33.8 Å². The molecule has 0 heterocycles. The molecule has 0 spiro atoms. The fourth-order valence-electron chi connectivity index (χ4n) is 2.76. The van der Waals surface area contributed by atoms with Crippen LogP contribution in [-0.2, 0) is 12.8 Å². The molecule has 2 rings (SSSR count). The van der Waals surface area contributed by atoms with E-state index in [0.717, 1.165) is 30.2 Å². The van der Waals surface area contributed by atoms with Gasteiger partial charge in [0.1, 0.15) is 0 Å². The van der Waals surface area contributed by atoms with Gasteiger partial charge in [0, 0.05) is 16.1 Å². The van der Waals surface area contributed by atoms with E-state index in [4.69, 9.17) is 0 Å². The van der Waals surface area contributed by atoms with Gasteiger partial charge in [0.15, 0.2) is 0 Å². The Hall–Kier alpha value is -0.380. The first kappa shape index (κ1) is 14.0. The molecule has 0 saturated carbocycles. The molecular weight excluding hydrogens is 290 g/mol. The van der Waals surface area contributed by atoms with E-state index in [0.29, 0.717) is 6.04 Å². The normalized spacial score (nSPS) is 24.7. The van der Waals surface area contributed by atoms with E-state index < -0.39 is 0 Å². The number of hydrogen-bond acceptors (Lipinski definition) is 2. The molecule has 2 atom stereocenters. The van der Waals surface area contributed by atoms with E-state index in [2.05, 4.69) is 53.3 Å². The van der Waals surface area contributed by atoms with Crippen LogP contribution < -0.4 is 5.32 Å². The average Bonchev–Trinajstić information content (AvgIpc) is 2.39. The molecule has 18 heavy (non-hydrogen) atoms. The number of fused-ring (bicyclic) bond motifs is 1. The highest BCUT2D eigenvalue weighted by Gasteiger charge is 2.34. The van der Waals surface area contributed by atoms with Gasteiger partial charge in [0.2, 0.25) is 0 Å². The second-order valence-electron chi connectivity index (χ2n) is 5.48. The van der Waals surface area contributed by atoms with Crippen molar-refractivity contribution in [3.8, 4) is 0 Å². The Kier molecular flexibility index (Phi) is 4.46. The topological polar surface area (TPSA) is 32.3 Å². The molecule has 0 fully saturated rings. The zero-order valence-electron chi connectivity index (χ0n) is 11.2. The third-order valence-corrected chi connectivity index (χ3v) is 4.53. The maximum Gasteiger partial charge on any atom is 0.0616 e. The monoisotopic (exact) mass is 311 g/mol. The minimum absolute atomic E-state index is 0.129. The number of hydrogen-bond donors (Lipinski definition) is 2. The average molecular weight is 312 g/mol. The summed E-state index contributed by atoms with van der Waals surface area (Å²) in [6.07, 6.45) is 4.07. The van der Waals surface area contributed by atoms with Crippen molar-refractivity contribution in [1.82, 2.24) is 5.32 Å². The van der Waals surface area contributed by atoms with Gasteiger partial charge in [-0.25, -0.2) is 0 Å². The Morgan fingerprint density at radius 1 is 1.44 bits per heavy atom. The lowest BCUT2D eigenvalue weighted by Gasteiger charge is -2.40. The minimum atomic E-state index is -0.129. The standard InChI is InChI=1S/C15H22BrNO/c1-3-11(2)17-15(10-18)7-6-12-8-14(16)5-4-13(12)9-15/h4-5,8,11,17-18H,3,6-7,9-10H2,1-2H3. The lowest BCUT2D eigenvalue weighted by Crippen LogP contribution is -2.55. The van der Waals surface area contributed by atoms with E-state index in [-0.39, 0.29) is 12.1 Å². The molecule has 0 aliphatic heterocycles. The SMILES string of the molecule is CCC(C)NC1(CO)CCc2cc(Br)ccc2C1. The van der Waals surface area contributed by atoms with Crippen LogP contribution in [0.3, 0.4) is 0 Å². The van der Waals surface area contributed by atoms with Gasteiger partial charge < -0.3 is 10.4 Å². The predicted octanol–water partition coefficient (Wildman–Crippen LogP) is 3.06. The smallest absolute Gasteiger partial charge is 0.0616 e. The van der Waals surface area contributed by atoms with Crippen molar-refractivity contribution in [2.45, 2.75) is 51.1 Å². The summed E-state index contributed by atoms with van der Waals surface area (Å²) < 4.78 is 1.15. The summed E-state index contributed by atoms with van der Waals surface area (Å²) in [6.45, 7) is 4.58. The van der Waals surface area contributed by atoms with Gasteiger partial charge in [0.25, 0.3) is 0 Å². The fourth-order valence-corrected chi connectivity index (χ4v) is 3.16. The first-order valence-corrected chi connectivity index (χ1v) is 7.54. The number of aliphatic hydroxyl groups is 1. The van der Waals surface area contributed by atoms with Crippen molar-refractivity contribution in [3.63, 3.8) is 0 Å². The highest BCUT2D eigenvalue weighted by molar-refractivity contribution is 9.10. The molecule has 100 valence electrons. The van der Waals surface area contributed by atoms with Gasteiger partial charge in [-0.05, 0) is 55.9 Å². The summed E-state index contributed by atoms with van der Waals surface area (Å²) in [4.78, 5) is 0. The number of nitrogens with one attached hydrogen (secondary N) is 1. The van der Waals surface area contributed by atoms with Gasteiger partial charge in [-0.1, -0.05) is 28.9 Å². The Morgan fingerprint density at radius 3 is 2.89 bits per heavy atom. The Labute approximate surface area is 118 Å². The zero-order chi connectivity index (χ0) is 13.2. The van der Waals surface area contributed by atoms with E-state index >= 15 is 0 Å². The largest absolute Gasteiger partial charge is 0.394 e. The van der Waals surface area contributed by atoms with Gasteiger partial charge in [-0.15, -0.1) is 0 Å². The summed E-state index contributed by atoms with van der Waals surface area (Å²) >= 11 is 3.52. The van der Waals surface area contributed by atoms with Crippen molar-refractivity contribution >= 4 is 15.9 Å². The number of rotatable bonds is 4. The number of halogens is 1. The molecule has 2 N–H and O–H groups in total. The van der Waals surface area contributed by atoms with Crippen molar-refractivity contribution in [2.24, 2.45) is 0 Å². The number of benzene rings is 1. The van der Waals surface area contributed by atoms with Crippen molar-refractivity contribution in [2.75, 3.05) is 6.61 Å². The van der Waals surface area contributed by atoms with Gasteiger partial charge >= 0.3 is 0 Å². The summed E-state index contributed by atoms with van der Waals surface area (Å²) in [5.74, 6) is 0. The Bertz CT molecular complexity index is 421. The van der Waals surface area contributed by atoms with Crippen LogP contribution in [0.15, 0.2) is 22.7 Å². The van der Waals surface area contributed by atoms with E-state index in [9.17, 15) is 5.11 Å².